The van der Waals surface area contributed by atoms with Crippen molar-refractivity contribution in [2.24, 2.45) is 16.8 Å². The van der Waals surface area contributed by atoms with Gasteiger partial charge in [0.15, 0.2) is 15.8 Å². The molecule has 0 aromatic heterocycles. The third-order valence-electron chi connectivity index (χ3n) is 7.75. The molecule has 168 valence electrons. The van der Waals surface area contributed by atoms with Crippen molar-refractivity contribution in [1.82, 2.24) is 15.1 Å². The fourth-order valence-electron chi connectivity index (χ4n) is 5.92. The van der Waals surface area contributed by atoms with E-state index < -0.39 is 14.6 Å². The largest absolute Gasteiger partial charge is 0.381 e. The number of guanidine groups is 1. The Hall–Kier alpha value is -0.130. The number of halogens is 1. The molecule has 0 amide bonds. The molecule has 3 unspecified atom stereocenters. The number of nitrogens with one attached hydrogen (secondary N) is 1. The van der Waals surface area contributed by atoms with E-state index >= 15 is 0 Å². The molecule has 2 heterocycles. The fourth-order valence-corrected chi connectivity index (χ4v) is 7.16. The Morgan fingerprint density at radius 1 is 1.14 bits per heavy atom. The summed E-state index contributed by atoms with van der Waals surface area (Å²) in [6, 6.07) is 0.798. The van der Waals surface area contributed by atoms with Crippen molar-refractivity contribution in [3.8, 4) is 0 Å². The maximum absolute atomic E-state index is 12.5. The highest BCUT2D eigenvalue weighted by Crippen LogP contribution is 2.46. The lowest BCUT2D eigenvalue weighted by Gasteiger charge is -2.42. The zero-order valence-corrected chi connectivity index (χ0v) is 21.0. The molecule has 1 N–H and O–H groups in total. The number of hydrogen-bond donors (Lipinski definition) is 1. The summed E-state index contributed by atoms with van der Waals surface area (Å²) in [4.78, 5) is 9.45. The van der Waals surface area contributed by atoms with E-state index in [1.54, 1.807) is 7.05 Å². The Labute approximate surface area is 192 Å². The van der Waals surface area contributed by atoms with Crippen molar-refractivity contribution in [3.63, 3.8) is 0 Å². The van der Waals surface area contributed by atoms with E-state index in [2.05, 4.69) is 20.1 Å². The van der Waals surface area contributed by atoms with Gasteiger partial charge in [-0.05, 0) is 43.9 Å². The van der Waals surface area contributed by atoms with Crippen LogP contribution >= 0.6 is 24.0 Å². The predicted molar refractivity (Wildman–Crippen MR) is 127 cm³/mol. The first-order chi connectivity index (χ1) is 13.4. The molecule has 0 radical (unpaired) electrons. The quantitative estimate of drug-likeness (QED) is 0.332. The summed E-state index contributed by atoms with van der Waals surface area (Å²) in [5, 5.41) is 3.39. The number of piperazine rings is 1. The summed E-state index contributed by atoms with van der Waals surface area (Å²) in [5.41, 5.74) is 0. The van der Waals surface area contributed by atoms with Crippen LogP contribution in [0.1, 0.15) is 38.5 Å². The van der Waals surface area contributed by atoms with E-state index in [4.69, 9.17) is 4.74 Å². The van der Waals surface area contributed by atoms with Gasteiger partial charge in [-0.2, -0.15) is 0 Å². The highest BCUT2D eigenvalue weighted by Gasteiger charge is 2.44. The van der Waals surface area contributed by atoms with E-state index in [0.29, 0.717) is 32.6 Å². The van der Waals surface area contributed by atoms with Crippen molar-refractivity contribution in [3.05, 3.63) is 0 Å². The number of ether oxygens (including phenoxy) is 1. The monoisotopic (exact) mass is 540 g/mol. The maximum Gasteiger partial charge on any atom is 0.193 e. The molecule has 4 rings (SSSR count). The van der Waals surface area contributed by atoms with E-state index in [9.17, 15) is 8.42 Å². The minimum atomic E-state index is -3.17. The molecule has 0 aromatic rings. The van der Waals surface area contributed by atoms with Gasteiger partial charge in [-0.3, -0.25) is 9.89 Å². The van der Waals surface area contributed by atoms with Crippen LogP contribution < -0.4 is 5.32 Å². The van der Waals surface area contributed by atoms with Crippen LogP contribution in [0.25, 0.3) is 0 Å². The molecule has 4 fully saturated rings. The molecule has 0 spiro atoms. The Bertz CT molecular complexity index is 688. The summed E-state index contributed by atoms with van der Waals surface area (Å²) >= 11 is 0. The number of fused-ring (bicyclic) bond motifs is 2. The van der Waals surface area contributed by atoms with E-state index in [1.807, 2.05) is 0 Å². The smallest absolute Gasteiger partial charge is 0.193 e. The molecule has 2 aliphatic heterocycles. The second-order valence-corrected chi connectivity index (χ2v) is 11.6. The minimum absolute atomic E-state index is 0. The molecule has 9 heteroatoms. The summed E-state index contributed by atoms with van der Waals surface area (Å²) in [7, 11) is -1.38. The molecule has 3 atom stereocenters. The molecule has 7 nitrogen and oxygen atoms in total. The average Bonchev–Trinajstić information content (AvgIpc) is 3.32. The topological polar surface area (TPSA) is 74.2 Å². The standard InChI is InChI=1S/C20H36N4O3S.HI/c1-21-19(22-15-20(28(2,25)26)5-11-27-12-6-20)24-9-7-23(8-10-24)18-14-16-3-4-17(18)13-16;/h16-18H,3-15H2,1-2H3,(H,21,22);1H. The number of rotatable bonds is 4. The van der Waals surface area contributed by atoms with E-state index in [-0.39, 0.29) is 24.0 Å². The minimum Gasteiger partial charge on any atom is -0.381 e. The second-order valence-electron chi connectivity index (χ2n) is 9.23. The van der Waals surface area contributed by atoms with Gasteiger partial charge in [0.1, 0.15) is 0 Å². The van der Waals surface area contributed by atoms with Crippen molar-refractivity contribution in [2.75, 3.05) is 59.2 Å². The molecule has 29 heavy (non-hydrogen) atoms. The van der Waals surface area contributed by atoms with Crippen LogP contribution in [0.2, 0.25) is 0 Å². The predicted octanol–water partition coefficient (Wildman–Crippen LogP) is 1.58. The third kappa shape index (κ3) is 4.87. The molecule has 2 saturated carbocycles. The molecule has 2 bridgehead atoms. The first-order valence-corrected chi connectivity index (χ1v) is 12.8. The summed E-state index contributed by atoms with van der Waals surface area (Å²) in [6.45, 7) is 5.52. The Kier molecular flexibility index (Phi) is 7.76. The first kappa shape index (κ1) is 23.5. The zero-order chi connectivity index (χ0) is 19.8. The number of sulfone groups is 1. The van der Waals surface area contributed by atoms with Gasteiger partial charge in [0.25, 0.3) is 0 Å². The van der Waals surface area contributed by atoms with Crippen molar-refractivity contribution in [1.29, 1.82) is 0 Å². The molecule has 2 aliphatic carbocycles. The third-order valence-corrected chi connectivity index (χ3v) is 9.88. The highest BCUT2D eigenvalue weighted by molar-refractivity contribution is 14.0. The van der Waals surface area contributed by atoms with Crippen molar-refractivity contribution >= 4 is 39.8 Å². The van der Waals surface area contributed by atoms with Gasteiger partial charge in [0, 0.05) is 65.3 Å². The van der Waals surface area contributed by atoms with Gasteiger partial charge in [-0.15, -0.1) is 24.0 Å². The Morgan fingerprint density at radius 3 is 2.34 bits per heavy atom. The average molecular weight is 541 g/mol. The van der Waals surface area contributed by atoms with Gasteiger partial charge in [0.05, 0.1) is 4.75 Å². The first-order valence-electron chi connectivity index (χ1n) is 10.9. The Morgan fingerprint density at radius 2 is 1.83 bits per heavy atom. The summed E-state index contributed by atoms with van der Waals surface area (Å²) < 4.78 is 29.6. The van der Waals surface area contributed by atoms with Crippen LogP contribution in [-0.2, 0) is 14.6 Å². The summed E-state index contributed by atoms with van der Waals surface area (Å²) in [6.07, 6.45) is 8.18. The van der Waals surface area contributed by atoms with Crippen LogP contribution in [0.4, 0.5) is 0 Å². The lowest BCUT2D eigenvalue weighted by Crippen LogP contribution is -2.58. The second kappa shape index (κ2) is 9.56. The normalized spacial score (nSPS) is 32.8. The highest BCUT2D eigenvalue weighted by atomic mass is 127. The van der Waals surface area contributed by atoms with Gasteiger partial charge >= 0.3 is 0 Å². The maximum atomic E-state index is 12.5. The molecule has 0 aromatic carbocycles. The number of nitrogens with zero attached hydrogens (tertiary/aromatic N) is 3. The van der Waals surface area contributed by atoms with E-state index in [0.717, 1.165) is 50.0 Å². The van der Waals surface area contributed by atoms with Crippen LogP contribution in [-0.4, -0.2) is 94.2 Å². The van der Waals surface area contributed by atoms with E-state index in [1.165, 1.54) is 31.9 Å². The van der Waals surface area contributed by atoms with Gasteiger partial charge < -0.3 is 15.0 Å². The molecule has 4 aliphatic rings. The molecular formula is C20H37IN4O3S. The Balaban J connectivity index is 0.00000240. The summed E-state index contributed by atoms with van der Waals surface area (Å²) in [5.74, 6) is 2.74. The number of hydrogen-bond acceptors (Lipinski definition) is 5. The van der Waals surface area contributed by atoms with Gasteiger partial charge in [-0.25, -0.2) is 8.42 Å². The fraction of sp³-hybridized carbons (Fsp3) is 0.950. The molecular weight excluding hydrogens is 503 g/mol. The van der Waals surface area contributed by atoms with Gasteiger partial charge in [-0.1, -0.05) is 6.42 Å². The van der Waals surface area contributed by atoms with Crippen molar-refractivity contribution < 1.29 is 13.2 Å². The zero-order valence-electron chi connectivity index (χ0n) is 17.8. The SMILES string of the molecule is CN=C(NCC1(S(C)(=O)=O)CCOCC1)N1CCN(C2CC3CCC2C3)CC1.I. The van der Waals surface area contributed by atoms with Crippen LogP contribution in [0.5, 0.6) is 0 Å². The lowest BCUT2D eigenvalue weighted by atomic mass is 9.93. The van der Waals surface area contributed by atoms with Crippen molar-refractivity contribution in [2.45, 2.75) is 49.3 Å². The van der Waals surface area contributed by atoms with Crippen LogP contribution in [0.3, 0.4) is 0 Å². The van der Waals surface area contributed by atoms with Crippen LogP contribution in [0, 0.1) is 11.8 Å². The van der Waals surface area contributed by atoms with Crippen LogP contribution in [0.15, 0.2) is 4.99 Å². The van der Waals surface area contributed by atoms with Gasteiger partial charge in [0.2, 0.25) is 0 Å². The number of aliphatic imine (C=N–C) groups is 1. The lowest BCUT2D eigenvalue weighted by molar-refractivity contribution is 0.0748. The molecule has 2 saturated heterocycles.